The number of amides is 2. The third-order valence-corrected chi connectivity index (χ3v) is 4.92. The molecule has 24 heavy (non-hydrogen) atoms. The van der Waals surface area contributed by atoms with Crippen LogP contribution < -0.4 is 10.2 Å². The molecule has 1 aromatic carbocycles. The molecule has 2 heterocycles. The van der Waals surface area contributed by atoms with E-state index in [0.717, 1.165) is 52.2 Å². The van der Waals surface area contributed by atoms with E-state index < -0.39 is 0 Å². The Kier molecular flexibility index (Phi) is 5.29. The highest BCUT2D eigenvalue weighted by Crippen LogP contribution is 2.34. The fourth-order valence-corrected chi connectivity index (χ4v) is 3.82. The van der Waals surface area contributed by atoms with Gasteiger partial charge in [0.15, 0.2) is 0 Å². The summed E-state index contributed by atoms with van der Waals surface area (Å²) in [7, 11) is 0. The van der Waals surface area contributed by atoms with Gasteiger partial charge >= 0.3 is 6.03 Å². The molecule has 1 aromatic rings. The minimum Gasteiger partial charge on any atom is -0.379 e. The number of nitrogens with one attached hydrogen (secondary N) is 1. The number of carbonyl (C=O) groups is 1. The summed E-state index contributed by atoms with van der Waals surface area (Å²) in [5, 5.41) is 3.03. The van der Waals surface area contributed by atoms with Crippen molar-refractivity contribution in [1.29, 1.82) is 0 Å². The topological polar surface area (TPSA) is 44.8 Å². The van der Waals surface area contributed by atoms with Crippen LogP contribution in [0.15, 0.2) is 30.3 Å². The summed E-state index contributed by atoms with van der Waals surface area (Å²) in [6.45, 7) is 8.95. The number of benzene rings is 1. The first-order valence-electron chi connectivity index (χ1n) is 9.01. The maximum absolute atomic E-state index is 12.4. The van der Waals surface area contributed by atoms with E-state index in [0.29, 0.717) is 0 Å². The summed E-state index contributed by atoms with van der Waals surface area (Å²) in [4.78, 5) is 16.8. The van der Waals surface area contributed by atoms with Crippen LogP contribution in [0.2, 0.25) is 0 Å². The summed E-state index contributed by atoms with van der Waals surface area (Å²) in [5.74, 6) is 0. The van der Waals surface area contributed by atoms with Crippen LogP contribution in [0.1, 0.15) is 26.7 Å². The van der Waals surface area contributed by atoms with Crippen molar-refractivity contribution in [1.82, 2.24) is 10.2 Å². The second kappa shape index (κ2) is 7.43. The third kappa shape index (κ3) is 4.01. The van der Waals surface area contributed by atoms with E-state index in [4.69, 9.17) is 4.74 Å². The molecule has 0 saturated carbocycles. The van der Waals surface area contributed by atoms with Gasteiger partial charge in [-0.3, -0.25) is 0 Å². The van der Waals surface area contributed by atoms with Crippen molar-refractivity contribution in [3.63, 3.8) is 0 Å². The molecule has 1 atom stereocenters. The predicted molar refractivity (Wildman–Crippen MR) is 96.4 cm³/mol. The number of rotatable bonds is 2. The number of anilines is 1. The van der Waals surface area contributed by atoms with E-state index in [-0.39, 0.29) is 17.5 Å². The highest BCUT2D eigenvalue weighted by molar-refractivity contribution is 5.74. The van der Waals surface area contributed by atoms with Crippen LogP contribution in [0.5, 0.6) is 0 Å². The summed E-state index contributed by atoms with van der Waals surface area (Å²) in [6, 6.07) is 10.7. The number of nitrogens with zero attached hydrogens (tertiary/aromatic N) is 2. The van der Waals surface area contributed by atoms with Crippen LogP contribution in [-0.2, 0) is 4.74 Å². The highest BCUT2D eigenvalue weighted by atomic mass is 16.5. The molecule has 2 saturated heterocycles. The summed E-state index contributed by atoms with van der Waals surface area (Å²) in [5.41, 5.74) is 1.27. The molecule has 5 heteroatoms. The molecule has 3 rings (SSSR count). The lowest BCUT2D eigenvalue weighted by atomic mass is 9.80. The maximum Gasteiger partial charge on any atom is 0.317 e. The predicted octanol–water partition coefficient (Wildman–Crippen LogP) is 2.72. The minimum absolute atomic E-state index is 0.0267. The number of carbonyl (C=O) groups excluding carboxylic acids is 1. The van der Waals surface area contributed by atoms with E-state index in [1.807, 2.05) is 24.8 Å². The molecule has 0 aliphatic carbocycles. The molecule has 0 aromatic heterocycles. The van der Waals surface area contributed by atoms with Gasteiger partial charge in [-0.2, -0.15) is 0 Å². The molecule has 2 amide bonds. The van der Waals surface area contributed by atoms with E-state index in [1.54, 1.807) is 0 Å². The van der Waals surface area contributed by atoms with Crippen LogP contribution in [0.3, 0.4) is 0 Å². The number of hydrogen-bond acceptors (Lipinski definition) is 3. The van der Waals surface area contributed by atoms with E-state index >= 15 is 0 Å². The third-order valence-electron chi connectivity index (χ3n) is 4.92. The molecule has 1 spiro atoms. The molecule has 5 nitrogen and oxygen atoms in total. The van der Waals surface area contributed by atoms with Gasteiger partial charge in [-0.05, 0) is 38.8 Å². The molecule has 1 unspecified atom stereocenters. The molecular formula is C19H29N3O2. The first-order chi connectivity index (χ1) is 11.6. The van der Waals surface area contributed by atoms with E-state index in [9.17, 15) is 4.79 Å². The van der Waals surface area contributed by atoms with Gasteiger partial charge in [0.1, 0.15) is 0 Å². The maximum atomic E-state index is 12.4. The van der Waals surface area contributed by atoms with Gasteiger partial charge in [0, 0.05) is 43.3 Å². The Morgan fingerprint density at radius 1 is 1.21 bits per heavy atom. The molecule has 2 aliphatic heterocycles. The first-order valence-corrected chi connectivity index (χ1v) is 9.01. The highest BCUT2D eigenvalue weighted by Gasteiger charge is 2.40. The number of ether oxygens (including phenoxy) is 1. The van der Waals surface area contributed by atoms with E-state index in [1.165, 1.54) is 5.69 Å². The summed E-state index contributed by atoms with van der Waals surface area (Å²) >= 11 is 0. The Balaban J connectivity index is 1.73. The van der Waals surface area contributed by atoms with Crippen molar-refractivity contribution in [2.45, 2.75) is 32.7 Å². The fourth-order valence-electron chi connectivity index (χ4n) is 3.82. The van der Waals surface area contributed by atoms with Gasteiger partial charge in [0.2, 0.25) is 0 Å². The smallest absolute Gasteiger partial charge is 0.317 e. The quantitative estimate of drug-likeness (QED) is 0.906. The van der Waals surface area contributed by atoms with Crippen LogP contribution >= 0.6 is 0 Å². The molecular weight excluding hydrogens is 302 g/mol. The van der Waals surface area contributed by atoms with Crippen molar-refractivity contribution in [2.75, 3.05) is 44.3 Å². The number of likely N-dealkylation sites (tertiary alicyclic amines) is 1. The lowest BCUT2D eigenvalue weighted by Crippen LogP contribution is -2.55. The van der Waals surface area contributed by atoms with Crippen molar-refractivity contribution in [3.05, 3.63) is 30.3 Å². The Bertz CT molecular complexity index is 549. The molecule has 132 valence electrons. The normalized spacial score (nSPS) is 25.0. The van der Waals surface area contributed by atoms with Crippen molar-refractivity contribution >= 4 is 11.7 Å². The standard InChI is InChI=1S/C19H29N3O2/c1-16(2)20-18(23)22-10-6-9-19(14-22)13-21(11-12-24-15-19)17-7-4-3-5-8-17/h3-5,7-8,16H,6,9-15H2,1-2H3,(H,20,23). The van der Waals surface area contributed by atoms with Gasteiger partial charge in [0.25, 0.3) is 0 Å². The van der Waals surface area contributed by atoms with Crippen LogP contribution in [-0.4, -0.2) is 56.4 Å². The summed E-state index contributed by atoms with van der Waals surface area (Å²) in [6.07, 6.45) is 2.15. The van der Waals surface area contributed by atoms with Crippen LogP contribution in [0, 0.1) is 5.41 Å². The molecule has 2 fully saturated rings. The number of piperidine rings is 1. The zero-order valence-electron chi connectivity index (χ0n) is 14.8. The Morgan fingerprint density at radius 3 is 2.75 bits per heavy atom. The second-order valence-corrected chi connectivity index (χ2v) is 7.44. The molecule has 1 N–H and O–H groups in total. The SMILES string of the molecule is CC(C)NC(=O)N1CCCC2(COCCN(c3ccccc3)C2)C1. The van der Waals surface area contributed by atoms with Gasteiger partial charge in [-0.1, -0.05) is 18.2 Å². The average Bonchev–Trinajstić information content (AvgIpc) is 2.78. The lowest BCUT2D eigenvalue weighted by molar-refractivity contribution is 0.0242. The first kappa shape index (κ1) is 17.1. The minimum atomic E-state index is 0.0267. The van der Waals surface area contributed by atoms with Gasteiger partial charge in [-0.15, -0.1) is 0 Å². The number of para-hydroxylation sites is 1. The van der Waals surface area contributed by atoms with Crippen LogP contribution in [0.4, 0.5) is 10.5 Å². The summed E-state index contributed by atoms with van der Waals surface area (Å²) < 4.78 is 5.95. The molecule has 0 radical (unpaired) electrons. The Morgan fingerprint density at radius 2 is 2.00 bits per heavy atom. The van der Waals surface area contributed by atoms with Crippen molar-refractivity contribution in [2.24, 2.45) is 5.41 Å². The van der Waals surface area contributed by atoms with E-state index in [2.05, 4.69) is 34.5 Å². The fraction of sp³-hybridized carbons (Fsp3) is 0.632. The van der Waals surface area contributed by atoms with Crippen LogP contribution in [0.25, 0.3) is 0 Å². The monoisotopic (exact) mass is 331 g/mol. The zero-order chi connectivity index (χ0) is 17.0. The zero-order valence-corrected chi connectivity index (χ0v) is 14.8. The van der Waals surface area contributed by atoms with Gasteiger partial charge < -0.3 is 19.9 Å². The van der Waals surface area contributed by atoms with Gasteiger partial charge in [0.05, 0.1) is 13.2 Å². The Labute approximate surface area is 145 Å². The lowest BCUT2D eigenvalue weighted by Gasteiger charge is -2.44. The molecule has 2 aliphatic rings. The van der Waals surface area contributed by atoms with Gasteiger partial charge in [-0.25, -0.2) is 4.79 Å². The Hall–Kier alpha value is -1.75. The average molecular weight is 331 g/mol. The molecule has 0 bridgehead atoms. The number of hydrogen-bond donors (Lipinski definition) is 1. The van der Waals surface area contributed by atoms with Crippen molar-refractivity contribution in [3.8, 4) is 0 Å². The second-order valence-electron chi connectivity index (χ2n) is 7.44. The largest absolute Gasteiger partial charge is 0.379 e. The van der Waals surface area contributed by atoms with Crippen molar-refractivity contribution < 1.29 is 9.53 Å². The number of urea groups is 1.